The average molecular weight is 274 g/mol. The highest BCUT2D eigenvalue weighted by atomic mass is 79.9. The molecule has 76 valence electrons. The highest BCUT2D eigenvalue weighted by Crippen LogP contribution is 2.32. The van der Waals surface area contributed by atoms with Gasteiger partial charge in [-0.3, -0.25) is 0 Å². The maximum Gasteiger partial charge on any atom is 0.104 e. The Morgan fingerprint density at radius 3 is 2.79 bits per heavy atom. The minimum Gasteiger partial charge on any atom is -0.386 e. The van der Waals surface area contributed by atoms with E-state index in [9.17, 15) is 5.11 Å². The third kappa shape index (κ3) is 2.81. The van der Waals surface area contributed by atoms with Crippen LogP contribution in [0, 0.1) is 17.2 Å². The first-order valence-electron chi connectivity index (χ1n) is 4.52. The zero-order valence-electron chi connectivity index (χ0n) is 7.90. The van der Waals surface area contributed by atoms with Gasteiger partial charge in [0.05, 0.1) is 15.8 Å². The van der Waals surface area contributed by atoms with Gasteiger partial charge in [0.1, 0.15) is 6.10 Å². The van der Waals surface area contributed by atoms with E-state index in [1.165, 1.54) is 11.3 Å². The van der Waals surface area contributed by atoms with Crippen molar-refractivity contribution >= 4 is 27.3 Å². The Bertz CT molecular complexity index is 331. The van der Waals surface area contributed by atoms with E-state index in [0.29, 0.717) is 0 Å². The SMILES string of the molecule is CCCC(C#N)C(O)c1ccc(Br)s1. The summed E-state index contributed by atoms with van der Waals surface area (Å²) in [5.74, 6) is -0.287. The highest BCUT2D eigenvalue weighted by molar-refractivity contribution is 9.11. The molecule has 1 heterocycles. The van der Waals surface area contributed by atoms with Crippen molar-refractivity contribution in [1.82, 2.24) is 0 Å². The molecule has 4 heteroatoms. The molecule has 0 radical (unpaired) electrons. The van der Waals surface area contributed by atoms with Crippen molar-refractivity contribution in [2.24, 2.45) is 5.92 Å². The van der Waals surface area contributed by atoms with Crippen molar-refractivity contribution in [3.63, 3.8) is 0 Å². The smallest absolute Gasteiger partial charge is 0.104 e. The number of nitriles is 1. The lowest BCUT2D eigenvalue weighted by Gasteiger charge is -2.13. The molecule has 0 saturated heterocycles. The van der Waals surface area contributed by atoms with Gasteiger partial charge in [0, 0.05) is 4.88 Å². The molecule has 0 spiro atoms. The van der Waals surface area contributed by atoms with Crippen LogP contribution >= 0.6 is 27.3 Å². The average Bonchev–Trinajstić information content (AvgIpc) is 2.60. The summed E-state index contributed by atoms with van der Waals surface area (Å²) in [6, 6.07) is 5.90. The molecule has 14 heavy (non-hydrogen) atoms. The molecule has 2 atom stereocenters. The Kier molecular flexibility index (Phi) is 4.59. The number of aliphatic hydroxyl groups excluding tert-OH is 1. The largest absolute Gasteiger partial charge is 0.386 e. The fourth-order valence-electron chi connectivity index (χ4n) is 1.29. The summed E-state index contributed by atoms with van der Waals surface area (Å²) in [4.78, 5) is 0.858. The van der Waals surface area contributed by atoms with Gasteiger partial charge in [-0.25, -0.2) is 0 Å². The van der Waals surface area contributed by atoms with Gasteiger partial charge in [-0.15, -0.1) is 11.3 Å². The predicted molar refractivity (Wildman–Crippen MR) is 61.0 cm³/mol. The fourth-order valence-corrected chi connectivity index (χ4v) is 2.76. The number of thiophene rings is 1. The Morgan fingerprint density at radius 1 is 1.64 bits per heavy atom. The van der Waals surface area contributed by atoms with Crippen molar-refractivity contribution in [2.45, 2.75) is 25.9 Å². The maximum atomic E-state index is 9.89. The van der Waals surface area contributed by atoms with Crippen LogP contribution in [0.5, 0.6) is 0 Å². The molecule has 1 N–H and O–H groups in total. The quantitative estimate of drug-likeness (QED) is 0.913. The van der Waals surface area contributed by atoms with E-state index < -0.39 is 6.10 Å². The van der Waals surface area contributed by atoms with Crippen LogP contribution in [-0.4, -0.2) is 5.11 Å². The van der Waals surface area contributed by atoms with Crippen LogP contribution in [0.4, 0.5) is 0 Å². The summed E-state index contributed by atoms with van der Waals surface area (Å²) in [5, 5.41) is 18.8. The molecule has 1 rings (SSSR count). The summed E-state index contributed by atoms with van der Waals surface area (Å²) in [5.41, 5.74) is 0. The Morgan fingerprint density at radius 2 is 2.36 bits per heavy atom. The van der Waals surface area contributed by atoms with Crippen molar-refractivity contribution in [3.05, 3.63) is 20.8 Å². The van der Waals surface area contributed by atoms with E-state index in [0.717, 1.165) is 21.5 Å². The van der Waals surface area contributed by atoms with Crippen LogP contribution in [0.15, 0.2) is 15.9 Å². The minimum absolute atomic E-state index is 0.287. The van der Waals surface area contributed by atoms with Gasteiger partial charge in [0.25, 0.3) is 0 Å². The molecule has 0 aliphatic rings. The van der Waals surface area contributed by atoms with Crippen LogP contribution in [-0.2, 0) is 0 Å². The van der Waals surface area contributed by atoms with E-state index in [-0.39, 0.29) is 5.92 Å². The first-order valence-corrected chi connectivity index (χ1v) is 6.13. The summed E-state index contributed by atoms with van der Waals surface area (Å²) >= 11 is 4.82. The van der Waals surface area contributed by atoms with Crippen LogP contribution in [0.2, 0.25) is 0 Å². The summed E-state index contributed by atoms with van der Waals surface area (Å²) in [7, 11) is 0. The third-order valence-electron chi connectivity index (χ3n) is 2.03. The van der Waals surface area contributed by atoms with Gasteiger partial charge in [0.15, 0.2) is 0 Å². The lowest BCUT2D eigenvalue weighted by molar-refractivity contribution is 0.133. The first-order chi connectivity index (χ1) is 6.69. The van der Waals surface area contributed by atoms with Crippen molar-refractivity contribution in [1.29, 1.82) is 5.26 Å². The molecule has 0 bridgehead atoms. The van der Waals surface area contributed by atoms with E-state index in [4.69, 9.17) is 5.26 Å². The summed E-state index contributed by atoms with van der Waals surface area (Å²) < 4.78 is 0.986. The molecular formula is C10H12BrNOS. The number of rotatable bonds is 4. The molecule has 0 amide bonds. The Labute approximate surface area is 96.3 Å². The standard InChI is InChI=1S/C10H12BrNOS/c1-2-3-7(6-12)10(13)8-4-5-9(11)14-8/h4-5,7,10,13H,2-3H2,1H3. The summed E-state index contributed by atoms with van der Waals surface area (Å²) in [6.45, 7) is 2.02. The maximum absolute atomic E-state index is 9.89. The van der Waals surface area contributed by atoms with Crippen molar-refractivity contribution in [3.8, 4) is 6.07 Å². The molecular weight excluding hydrogens is 262 g/mol. The first kappa shape index (κ1) is 11.7. The lowest BCUT2D eigenvalue weighted by atomic mass is 9.98. The van der Waals surface area contributed by atoms with Gasteiger partial charge in [-0.2, -0.15) is 5.26 Å². The van der Waals surface area contributed by atoms with Crippen LogP contribution in [0.3, 0.4) is 0 Å². The third-order valence-corrected chi connectivity index (χ3v) is 3.73. The second-order valence-electron chi connectivity index (χ2n) is 3.11. The van der Waals surface area contributed by atoms with Gasteiger partial charge in [0.2, 0.25) is 0 Å². The molecule has 0 aliphatic heterocycles. The van der Waals surface area contributed by atoms with Crippen molar-refractivity contribution < 1.29 is 5.11 Å². The molecule has 0 aliphatic carbocycles. The molecule has 1 aromatic heterocycles. The van der Waals surface area contributed by atoms with E-state index in [1.54, 1.807) is 0 Å². The molecule has 2 nitrogen and oxygen atoms in total. The van der Waals surface area contributed by atoms with Gasteiger partial charge < -0.3 is 5.11 Å². The number of hydrogen-bond donors (Lipinski definition) is 1. The minimum atomic E-state index is -0.642. The fraction of sp³-hybridized carbons (Fsp3) is 0.500. The lowest BCUT2D eigenvalue weighted by Crippen LogP contribution is -2.08. The highest BCUT2D eigenvalue weighted by Gasteiger charge is 2.20. The predicted octanol–water partition coefficient (Wildman–Crippen LogP) is 3.48. The monoisotopic (exact) mass is 273 g/mol. The van der Waals surface area contributed by atoms with Crippen molar-refractivity contribution in [2.75, 3.05) is 0 Å². The number of hydrogen-bond acceptors (Lipinski definition) is 3. The Balaban J connectivity index is 2.73. The van der Waals surface area contributed by atoms with Gasteiger partial charge >= 0.3 is 0 Å². The second kappa shape index (κ2) is 5.50. The van der Waals surface area contributed by atoms with E-state index in [2.05, 4.69) is 22.0 Å². The second-order valence-corrected chi connectivity index (χ2v) is 5.61. The molecule has 0 fully saturated rings. The normalized spacial score (nSPS) is 14.7. The van der Waals surface area contributed by atoms with Gasteiger partial charge in [-0.1, -0.05) is 13.3 Å². The molecule has 0 saturated carbocycles. The topological polar surface area (TPSA) is 44.0 Å². The van der Waals surface area contributed by atoms with E-state index in [1.807, 2.05) is 19.1 Å². The van der Waals surface area contributed by atoms with Crippen LogP contribution < -0.4 is 0 Å². The number of halogens is 1. The van der Waals surface area contributed by atoms with Gasteiger partial charge in [-0.05, 0) is 34.5 Å². The zero-order chi connectivity index (χ0) is 10.6. The van der Waals surface area contributed by atoms with Crippen LogP contribution in [0.1, 0.15) is 30.7 Å². The Hall–Kier alpha value is -0.370. The number of nitrogens with zero attached hydrogens (tertiary/aromatic N) is 1. The summed E-state index contributed by atoms with van der Waals surface area (Å²) in [6.07, 6.45) is 1.02. The van der Waals surface area contributed by atoms with E-state index >= 15 is 0 Å². The molecule has 0 aromatic carbocycles. The molecule has 1 aromatic rings. The van der Waals surface area contributed by atoms with Crippen LogP contribution in [0.25, 0.3) is 0 Å². The zero-order valence-corrected chi connectivity index (χ0v) is 10.3. The number of aliphatic hydroxyl groups is 1. The molecule has 2 unspecified atom stereocenters.